The summed E-state index contributed by atoms with van der Waals surface area (Å²) in [6, 6.07) is 18.9. The van der Waals surface area contributed by atoms with E-state index in [2.05, 4.69) is 0 Å². The molecule has 3 aromatic rings. The zero-order chi connectivity index (χ0) is 23.8. The van der Waals surface area contributed by atoms with Gasteiger partial charge in [-0.1, -0.05) is 48.0 Å². The molecule has 1 fully saturated rings. The van der Waals surface area contributed by atoms with Crippen molar-refractivity contribution < 1.29 is 23.8 Å². The molecule has 174 valence electrons. The number of fused-ring (bicyclic) bond motifs is 1. The normalized spacial score (nSPS) is 21.0. The second kappa shape index (κ2) is 9.11. The molecule has 1 heterocycles. The van der Waals surface area contributed by atoms with Crippen LogP contribution in [0, 0.1) is 11.7 Å². The van der Waals surface area contributed by atoms with E-state index in [1.54, 1.807) is 30.3 Å². The zero-order valence-electron chi connectivity index (χ0n) is 18.3. The van der Waals surface area contributed by atoms with Gasteiger partial charge in [-0.25, -0.2) is 9.18 Å². The van der Waals surface area contributed by atoms with Gasteiger partial charge in [0.2, 0.25) is 5.91 Å². The Kier molecular flexibility index (Phi) is 6.00. The molecule has 2 aliphatic rings. The smallest absolute Gasteiger partial charge is 0.341 e. The van der Waals surface area contributed by atoms with E-state index in [4.69, 9.17) is 21.4 Å². The molecule has 0 spiro atoms. The quantitative estimate of drug-likeness (QED) is 0.526. The fraction of sp³-hybridized carbons (Fsp3) is 0.259. The van der Waals surface area contributed by atoms with Crippen LogP contribution < -0.4 is 4.74 Å². The summed E-state index contributed by atoms with van der Waals surface area (Å²) >= 11 is 6.34. The largest absolute Gasteiger partial charge is 0.482 e. The monoisotopic (exact) mass is 479 g/mol. The molecule has 3 aromatic carbocycles. The number of benzene rings is 3. The highest BCUT2D eigenvalue weighted by Crippen LogP contribution is 2.51. The van der Waals surface area contributed by atoms with Crippen molar-refractivity contribution in [2.24, 2.45) is 5.92 Å². The minimum absolute atomic E-state index is 0.0259. The number of carboxylic acid groups (broad SMARTS) is 1. The number of halogens is 2. The molecule has 1 aliphatic heterocycles. The van der Waals surface area contributed by atoms with E-state index >= 15 is 0 Å². The molecule has 5 rings (SSSR count). The lowest BCUT2D eigenvalue weighted by molar-refractivity contribution is -0.139. The number of nitrogens with zero attached hydrogens (tertiary/aromatic N) is 1. The van der Waals surface area contributed by atoms with Crippen molar-refractivity contribution in [1.29, 1.82) is 0 Å². The van der Waals surface area contributed by atoms with Crippen LogP contribution in [0.5, 0.6) is 5.75 Å². The van der Waals surface area contributed by atoms with E-state index in [0.717, 1.165) is 23.1 Å². The summed E-state index contributed by atoms with van der Waals surface area (Å²) < 4.78 is 18.9. The van der Waals surface area contributed by atoms with Gasteiger partial charge in [-0.2, -0.15) is 0 Å². The van der Waals surface area contributed by atoms with Crippen LogP contribution in [0.1, 0.15) is 40.6 Å². The molecule has 5 nitrogen and oxygen atoms in total. The number of aliphatic carboxylic acids is 1. The number of carboxylic acids is 1. The third-order valence-corrected chi connectivity index (χ3v) is 6.82. The third kappa shape index (κ3) is 4.38. The number of rotatable bonds is 6. The molecule has 1 aliphatic carbocycles. The Morgan fingerprint density at radius 1 is 1.06 bits per heavy atom. The predicted molar refractivity (Wildman–Crippen MR) is 126 cm³/mol. The first-order chi connectivity index (χ1) is 16.4. The van der Waals surface area contributed by atoms with E-state index in [1.807, 2.05) is 29.2 Å². The van der Waals surface area contributed by atoms with Gasteiger partial charge < -0.3 is 14.7 Å². The number of carbonyl (C=O) groups is 2. The lowest BCUT2D eigenvalue weighted by Gasteiger charge is -2.38. The maximum Gasteiger partial charge on any atom is 0.341 e. The van der Waals surface area contributed by atoms with Gasteiger partial charge in [0, 0.05) is 23.0 Å². The minimum Gasteiger partial charge on any atom is -0.482 e. The SMILES string of the molecule is O=C(O)COc1ccc(Cl)cc1[C@@H]1c2ccccc2CCN1C(=O)[C@@H]1C[C@H]1c1ccc(F)cc1. The van der Waals surface area contributed by atoms with Gasteiger partial charge in [0.25, 0.3) is 0 Å². The van der Waals surface area contributed by atoms with Crippen LogP contribution in [-0.2, 0) is 16.0 Å². The number of hydrogen-bond acceptors (Lipinski definition) is 3. The van der Waals surface area contributed by atoms with Gasteiger partial charge in [-0.15, -0.1) is 0 Å². The second-order valence-electron chi connectivity index (χ2n) is 8.75. The molecule has 0 saturated heterocycles. The first kappa shape index (κ1) is 22.4. The Hall–Kier alpha value is -3.38. The van der Waals surface area contributed by atoms with Crippen molar-refractivity contribution in [3.8, 4) is 5.75 Å². The molecule has 0 radical (unpaired) electrons. The average molecular weight is 480 g/mol. The van der Waals surface area contributed by atoms with E-state index < -0.39 is 18.6 Å². The van der Waals surface area contributed by atoms with Gasteiger partial charge >= 0.3 is 5.97 Å². The van der Waals surface area contributed by atoms with Crippen LogP contribution in [0.2, 0.25) is 5.02 Å². The maximum absolute atomic E-state index is 13.8. The lowest BCUT2D eigenvalue weighted by atomic mass is 9.87. The standard InChI is InChI=1S/C27H23ClFNO4/c28-18-7-10-24(34-15-25(31)32)23(13-18)26-20-4-2-1-3-16(20)11-12-30(26)27(33)22-14-21(22)17-5-8-19(29)9-6-17/h1-10,13,21-22,26H,11-12,14-15H2,(H,31,32)/t21-,22+,26-/m0/s1. The molecule has 3 atom stereocenters. The summed E-state index contributed by atoms with van der Waals surface area (Å²) in [6.07, 6.45) is 1.44. The van der Waals surface area contributed by atoms with Gasteiger partial charge in [0.1, 0.15) is 11.6 Å². The molecule has 34 heavy (non-hydrogen) atoms. The first-order valence-electron chi connectivity index (χ1n) is 11.2. The third-order valence-electron chi connectivity index (χ3n) is 6.59. The van der Waals surface area contributed by atoms with Gasteiger partial charge in [0.15, 0.2) is 6.61 Å². The van der Waals surface area contributed by atoms with Crippen molar-refractivity contribution >= 4 is 23.5 Å². The van der Waals surface area contributed by atoms with E-state index in [0.29, 0.717) is 29.3 Å². The highest BCUT2D eigenvalue weighted by atomic mass is 35.5. The summed E-state index contributed by atoms with van der Waals surface area (Å²) in [5.41, 5.74) is 3.73. The topological polar surface area (TPSA) is 66.8 Å². The fourth-order valence-corrected chi connectivity index (χ4v) is 5.08. The number of ether oxygens (including phenoxy) is 1. The van der Waals surface area contributed by atoms with Crippen molar-refractivity contribution in [2.75, 3.05) is 13.2 Å². The summed E-state index contributed by atoms with van der Waals surface area (Å²) in [4.78, 5) is 26.8. The van der Waals surface area contributed by atoms with Crippen LogP contribution in [0.15, 0.2) is 66.7 Å². The van der Waals surface area contributed by atoms with Gasteiger partial charge in [0.05, 0.1) is 6.04 Å². The second-order valence-corrected chi connectivity index (χ2v) is 9.18. The van der Waals surface area contributed by atoms with Crippen LogP contribution in [0.4, 0.5) is 4.39 Å². The lowest BCUT2D eigenvalue weighted by Crippen LogP contribution is -2.41. The highest BCUT2D eigenvalue weighted by Gasteiger charge is 2.48. The van der Waals surface area contributed by atoms with Crippen molar-refractivity contribution in [1.82, 2.24) is 4.90 Å². The molecule has 7 heteroatoms. The number of carbonyl (C=O) groups excluding carboxylic acids is 1. The molecule has 0 aromatic heterocycles. The van der Waals surface area contributed by atoms with Gasteiger partial charge in [-0.3, -0.25) is 4.79 Å². The molecule has 1 saturated carbocycles. The molecule has 1 amide bonds. The average Bonchev–Trinajstić information content (AvgIpc) is 3.63. The molecule has 0 bridgehead atoms. The van der Waals surface area contributed by atoms with E-state index in [-0.39, 0.29) is 23.6 Å². The molecular weight excluding hydrogens is 457 g/mol. The number of hydrogen-bond donors (Lipinski definition) is 1. The Morgan fingerprint density at radius 2 is 1.82 bits per heavy atom. The Balaban J connectivity index is 1.51. The molecule has 1 N–H and O–H groups in total. The van der Waals surface area contributed by atoms with Crippen molar-refractivity contribution in [2.45, 2.75) is 24.8 Å². The fourth-order valence-electron chi connectivity index (χ4n) is 4.90. The highest BCUT2D eigenvalue weighted by molar-refractivity contribution is 6.30. The number of amides is 1. The van der Waals surface area contributed by atoms with E-state index in [9.17, 15) is 14.0 Å². The van der Waals surface area contributed by atoms with Crippen molar-refractivity contribution in [3.05, 3.63) is 99.8 Å². The van der Waals surface area contributed by atoms with Crippen molar-refractivity contribution in [3.63, 3.8) is 0 Å². The first-order valence-corrected chi connectivity index (χ1v) is 11.6. The predicted octanol–water partition coefficient (Wildman–Crippen LogP) is 5.22. The van der Waals surface area contributed by atoms with Crippen LogP contribution >= 0.6 is 11.6 Å². The van der Waals surface area contributed by atoms with Crippen LogP contribution in [0.3, 0.4) is 0 Å². The van der Waals surface area contributed by atoms with E-state index in [1.165, 1.54) is 12.1 Å². The maximum atomic E-state index is 13.8. The molecule has 0 unspecified atom stereocenters. The minimum atomic E-state index is -1.09. The molecular formula is C27H23ClFNO4. The Bertz CT molecular complexity index is 1250. The summed E-state index contributed by atoms with van der Waals surface area (Å²) in [5.74, 6) is -1.09. The summed E-state index contributed by atoms with van der Waals surface area (Å²) in [5, 5.41) is 9.60. The summed E-state index contributed by atoms with van der Waals surface area (Å²) in [7, 11) is 0. The summed E-state index contributed by atoms with van der Waals surface area (Å²) in [6.45, 7) is 0.0320. The van der Waals surface area contributed by atoms with Gasteiger partial charge in [-0.05, 0) is 65.8 Å². The van der Waals surface area contributed by atoms with Crippen LogP contribution in [-0.4, -0.2) is 35.0 Å². The Morgan fingerprint density at radius 3 is 2.59 bits per heavy atom. The van der Waals surface area contributed by atoms with Crippen LogP contribution in [0.25, 0.3) is 0 Å². The Labute approximate surface area is 201 Å². The zero-order valence-corrected chi connectivity index (χ0v) is 19.0.